The normalized spacial score (nSPS) is 21.1. The number of aromatic nitrogens is 2. The van der Waals surface area contributed by atoms with Crippen molar-refractivity contribution in [2.75, 3.05) is 20.2 Å². The monoisotopic (exact) mass is 470 g/mol. The number of hydrogen-bond acceptors (Lipinski definition) is 5. The Balaban J connectivity index is 1.30. The zero-order chi connectivity index (χ0) is 24.4. The molecule has 1 amide bonds. The van der Waals surface area contributed by atoms with E-state index < -0.39 is 0 Å². The Morgan fingerprint density at radius 3 is 2.46 bits per heavy atom. The molecular formula is C29H34N4O2. The van der Waals surface area contributed by atoms with E-state index in [2.05, 4.69) is 63.5 Å². The Morgan fingerprint density at radius 1 is 1.09 bits per heavy atom. The molecule has 0 unspecified atom stereocenters. The number of carbonyl (C=O) groups excluding carboxylic acids is 1. The largest absolute Gasteiger partial charge is 0.378 e. The van der Waals surface area contributed by atoms with Gasteiger partial charge < -0.3 is 10.1 Å². The summed E-state index contributed by atoms with van der Waals surface area (Å²) in [6.45, 7) is 6.73. The molecule has 0 bridgehead atoms. The van der Waals surface area contributed by atoms with Crippen LogP contribution in [0.2, 0.25) is 0 Å². The van der Waals surface area contributed by atoms with Crippen LogP contribution >= 0.6 is 0 Å². The van der Waals surface area contributed by atoms with E-state index in [4.69, 9.17) is 4.74 Å². The molecule has 1 fully saturated rings. The number of aryl methyl sites for hydroxylation is 1. The van der Waals surface area contributed by atoms with E-state index in [-0.39, 0.29) is 23.5 Å². The zero-order valence-electron chi connectivity index (χ0n) is 20.8. The van der Waals surface area contributed by atoms with Gasteiger partial charge in [-0.25, -0.2) is 9.97 Å². The highest BCUT2D eigenvalue weighted by atomic mass is 16.5. The van der Waals surface area contributed by atoms with Crippen LogP contribution in [0, 0.1) is 6.92 Å². The molecule has 3 aromatic rings. The summed E-state index contributed by atoms with van der Waals surface area (Å²) in [5, 5.41) is 3.24. The molecule has 6 heteroatoms. The number of carbonyl (C=O) groups is 1. The fourth-order valence-corrected chi connectivity index (χ4v) is 5.97. The van der Waals surface area contributed by atoms with Crippen molar-refractivity contribution < 1.29 is 9.53 Å². The molecule has 182 valence electrons. The van der Waals surface area contributed by atoms with Crippen molar-refractivity contribution in [1.29, 1.82) is 0 Å². The second-order valence-corrected chi connectivity index (χ2v) is 9.80. The maximum Gasteiger partial charge on any atom is 0.220 e. The van der Waals surface area contributed by atoms with Crippen molar-refractivity contribution in [3.63, 3.8) is 0 Å². The van der Waals surface area contributed by atoms with Crippen LogP contribution in [0.3, 0.4) is 0 Å². The Hall–Kier alpha value is -3.09. The van der Waals surface area contributed by atoms with Crippen LogP contribution in [0.25, 0.3) is 11.4 Å². The van der Waals surface area contributed by atoms with Gasteiger partial charge in [-0.05, 0) is 49.5 Å². The van der Waals surface area contributed by atoms with Crippen LogP contribution in [0.15, 0.2) is 60.9 Å². The molecule has 0 radical (unpaired) electrons. The molecular weight excluding hydrogens is 436 g/mol. The van der Waals surface area contributed by atoms with Gasteiger partial charge in [0, 0.05) is 49.0 Å². The third kappa shape index (κ3) is 4.37. The minimum Gasteiger partial charge on any atom is -0.378 e. The predicted molar refractivity (Wildman–Crippen MR) is 137 cm³/mol. The number of benzene rings is 2. The first-order valence-corrected chi connectivity index (χ1v) is 12.6. The second kappa shape index (κ2) is 9.88. The Kier molecular flexibility index (Phi) is 6.67. The van der Waals surface area contributed by atoms with E-state index in [1.807, 2.05) is 31.5 Å². The van der Waals surface area contributed by atoms with E-state index in [0.29, 0.717) is 6.42 Å². The number of rotatable bonds is 6. The summed E-state index contributed by atoms with van der Waals surface area (Å²) in [6, 6.07) is 16.7. The maximum atomic E-state index is 12.3. The van der Waals surface area contributed by atoms with Gasteiger partial charge in [0.1, 0.15) is 0 Å². The van der Waals surface area contributed by atoms with E-state index in [9.17, 15) is 4.79 Å². The van der Waals surface area contributed by atoms with Crippen molar-refractivity contribution >= 4 is 5.91 Å². The highest BCUT2D eigenvalue weighted by Gasteiger charge is 2.53. The van der Waals surface area contributed by atoms with Gasteiger partial charge in [0.25, 0.3) is 0 Å². The number of methoxy groups -OCH3 is 1. The smallest absolute Gasteiger partial charge is 0.220 e. The van der Waals surface area contributed by atoms with E-state index in [1.165, 1.54) is 16.7 Å². The molecule has 0 saturated carbocycles. The zero-order valence-corrected chi connectivity index (χ0v) is 20.8. The molecule has 2 aliphatic rings. The molecule has 1 aromatic heterocycles. The fraction of sp³-hybridized carbons (Fsp3) is 0.414. The fourth-order valence-electron chi connectivity index (χ4n) is 5.97. The standard InChI is InChI=1S/C29H34N4O2/c1-4-25(34)32-26-23-11-7-8-12-24(23)29(27(26)35-3)13-15-33(16-14-29)19-21-17-30-28(31-18-21)22-10-6-5-9-20(22)2/h5-12,17-18,26-27H,4,13-16,19H2,1-3H3,(H,32,34)/t26-,27+/m1/s1. The number of amides is 1. The molecule has 1 saturated heterocycles. The molecule has 35 heavy (non-hydrogen) atoms. The lowest BCUT2D eigenvalue weighted by Crippen LogP contribution is -2.50. The average molecular weight is 471 g/mol. The summed E-state index contributed by atoms with van der Waals surface area (Å²) in [5.74, 6) is 0.839. The van der Waals surface area contributed by atoms with Gasteiger partial charge in [-0.15, -0.1) is 0 Å². The van der Waals surface area contributed by atoms with E-state index in [1.54, 1.807) is 7.11 Å². The van der Waals surface area contributed by atoms with Crippen molar-refractivity contribution in [2.45, 2.75) is 57.2 Å². The number of nitrogens with one attached hydrogen (secondary N) is 1. The quantitative estimate of drug-likeness (QED) is 0.571. The van der Waals surface area contributed by atoms with Crippen molar-refractivity contribution in [3.8, 4) is 11.4 Å². The summed E-state index contributed by atoms with van der Waals surface area (Å²) >= 11 is 0. The Labute approximate surface area is 207 Å². The molecule has 2 atom stereocenters. The highest BCUT2D eigenvalue weighted by Crippen LogP contribution is 2.52. The molecule has 1 spiro atoms. The number of ether oxygens (including phenoxy) is 1. The van der Waals surface area contributed by atoms with Gasteiger partial charge in [0.05, 0.1) is 12.1 Å². The van der Waals surface area contributed by atoms with Gasteiger partial charge in [0.15, 0.2) is 5.82 Å². The van der Waals surface area contributed by atoms with Gasteiger partial charge in [-0.2, -0.15) is 0 Å². The van der Waals surface area contributed by atoms with Gasteiger partial charge in [-0.3, -0.25) is 9.69 Å². The van der Waals surface area contributed by atoms with Crippen molar-refractivity contribution in [1.82, 2.24) is 20.2 Å². The summed E-state index contributed by atoms with van der Waals surface area (Å²) in [5.41, 5.74) is 5.84. The van der Waals surface area contributed by atoms with E-state index in [0.717, 1.165) is 49.4 Å². The van der Waals surface area contributed by atoms with Crippen LogP contribution in [0.5, 0.6) is 0 Å². The maximum absolute atomic E-state index is 12.3. The number of nitrogens with zero attached hydrogens (tertiary/aromatic N) is 3. The number of likely N-dealkylation sites (tertiary alicyclic amines) is 1. The first-order valence-electron chi connectivity index (χ1n) is 12.6. The summed E-state index contributed by atoms with van der Waals surface area (Å²) in [6.07, 6.45) is 6.30. The van der Waals surface area contributed by atoms with Crippen LogP contribution in [-0.2, 0) is 21.5 Å². The van der Waals surface area contributed by atoms with E-state index >= 15 is 0 Å². The third-order valence-electron chi connectivity index (χ3n) is 7.82. The number of hydrogen-bond donors (Lipinski definition) is 1. The van der Waals surface area contributed by atoms with Crippen LogP contribution in [0.1, 0.15) is 54.5 Å². The molecule has 1 aliphatic carbocycles. The van der Waals surface area contributed by atoms with Crippen LogP contribution < -0.4 is 5.32 Å². The third-order valence-corrected chi connectivity index (χ3v) is 7.82. The molecule has 2 aromatic carbocycles. The van der Waals surface area contributed by atoms with Crippen molar-refractivity contribution in [2.24, 2.45) is 0 Å². The average Bonchev–Trinajstić information content (AvgIpc) is 3.14. The molecule has 6 nitrogen and oxygen atoms in total. The van der Waals surface area contributed by atoms with Gasteiger partial charge >= 0.3 is 0 Å². The first-order chi connectivity index (χ1) is 17.1. The Morgan fingerprint density at radius 2 is 1.77 bits per heavy atom. The first kappa shape index (κ1) is 23.6. The lowest BCUT2D eigenvalue weighted by Gasteiger charge is -2.44. The minimum atomic E-state index is -0.0995. The topological polar surface area (TPSA) is 67.4 Å². The Bertz CT molecular complexity index is 1190. The predicted octanol–water partition coefficient (Wildman–Crippen LogP) is 4.58. The number of fused-ring (bicyclic) bond motifs is 2. The summed E-state index contributed by atoms with van der Waals surface area (Å²) < 4.78 is 6.11. The highest BCUT2D eigenvalue weighted by molar-refractivity contribution is 5.76. The van der Waals surface area contributed by atoms with Gasteiger partial charge in [0.2, 0.25) is 5.91 Å². The van der Waals surface area contributed by atoms with Crippen LogP contribution in [0.4, 0.5) is 0 Å². The van der Waals surface area contributed by atoms with Crippen molar-refractivity contribution in [3.05, 3.63) is 83.2 Å². The molecule has 1 aliphatic heterocycles. The second-order valence-electron chi connectivity index (χ2n) is 9.80. The van der Waals surface area contributed by atoms with Crippen LogP contribution in [-0.4, -0.2) is 47.1 Å². The van der Waals surface area contributed by atoms with Gasteiger partial charge in [-0.1, -0.05) is 55.5 Å². The molecule has 1 N–H and O–H groups in total. The molecule has 5 rings (SSSR count). The summed E-state index contributed by atoms with van der Waals surface area (Å²) in [7, 11) is 1.78. The number of piperidine rings is 1. The summed E-state index contributed by atoms with van der Waals surface area (Å²) in [4.78, 5) is 24.1. The molecule has 2 heterocycles. The lowest BCUT2D eigenvalue weighted by molar-refractivity contribution is -0.123. The minimum absolute atomic E-state index is 0.0609. The lowest BCUT2D eigenvalue weighted by atomic mass is 9.72. The SMILES string of the molecule is CCC(=O)N[C@@H]1c2ccccc2C2(CCN(Cc3cnc(-c4ccccc4C)nc3)CC2)[C@H]1OC.